The zero-order valence-corrected chi connectivity index (χ0v) is 19.1. The van der Waals surface area contributed by atoms with Gasteiger partial charge >= 0.3 is 0 Å². The topological polar surface area (TPSA) is 70.8 Å². The summed E-state index contributed by atoms with van der Waals surface area (Å²) < 4.78 is 10.4. The number of aromatic nitrogens is 1. The third-order valence-electron chi connectivity index (χ3n) is 6.69. The summed E-state index contributed by atoms with van der Waals surface area (Å²) in [4.78, 5) is 16.7. The molecule has 1 saturated carbocycles. The van der Waals surface area contributed by atoms with Crippen molar-refractivity contribution in [2.75, 3.05) is 51.3 Å². The summed E-state index contributed by atoms with van der Waals surface area (Å²) in [6, 6.07) is 6.05. The zero-order chi connectivity index (χ0) is 21.6. The maximum absolute atomic E-state index is 11.9. The monoisotopic (exact) mass is 448 g/mol. The number of nitrogens with zero attached hydrogens (tertiary/aromatic N) is 3. The fourth-order valence-electron chi connectivity index (χ4n) is 4.76. The number of anilines is 1. The number of halogens is 1. The summed E-state index contributed by atoms with van der Waals surface area (Å²) in [6.45, 7) is 5.67. The Labute approximate surface area is 189 Å². The summed E-state index contributed by atoms with van der Waals surface area (Å²) in [7, 11) is 1.63. The molecule has 7 nitrogen and oxygen atoms in total. The van der Waals surface area contributed by atoms with Crippen LogP contribution in [0.25, 0.3) is 11.0 Å². The molecule has 2 aromatic rings. The van der Waals surface area contributed by atoms with Gasteiger partial charge in [0.25, 0.3) is 0 Å². The number of rotatable bonds is 8. The third kappa shape index (κ3) is 5.90. The van der Waals surface area contributed by atoms with E-state index in [0.29, 0.717) is 24.1 Å². The molecular weight excluding hydrogens is 416 g/mol. The normalized spacial score (nSPS) is 22.7. The summed E-state index contributed by atoms with van der Waals surface area (Å²) in [5.41, 5.74) is 0.746. The Kier molecular flexibility index (Phi) is 7.69. The molecule has 1 aromatic heterocycles. The quantitative estimate of drug-likeness (QED) is 0.663. The maximum atomic E-state index is 11.9. The number of fused-ring (bicyclic) bond motifs is 1. The van der Waals surface area contributed by atoms with Crippen molar-refractivity contribution in [1.82, 2.24) is 15.4 Å². The molecule has 31 heavy (non-hydrogen) atoms. The Morgan fingerprint density at radius 3 is 2.74 bits per heavy atom. The molecule has 0 atom stereocenters. The Balaban J connectivity index is 1.16. The number of carbonyl (C=O) groups excluding carboxylic acids is 1. The van der Waals surface area contributed by atoms with Crippen LogP contribution in [0.2, 0.25) is 5.02 Å². The van der Waals surface area contributed by atoms with E-state index in [1.165, 1.54) is 19.3 Å². The van der Waals surface area contributed by atoms with Gasteiger partial charge in [0, 0.05) is 56.8 Å². The van der Waals surface area contributed by atoms with E-state index < -0.39 is 0 Å². The first-order valence-electron chi connectivity index (χ1n) is 11.4. The van der Waals surface area contributed by atoms with Crippen molar-refractivity contribution in [2.45, 2.75) is 44.6 Å². The van der Waals surface area contributed by atoms with Crippen LogP contribution in [0.15, 0.2) is 22.7 Å². The molecule has 1 N–H and O–H groups in total. The molecule has 0 bridgehead atoms. The van der Waals surface area contributed by atoms with Crippen molar-refractivity contribution in [3.05, 3.63) is 23.2 Å². The smallest absolute Gasteiger partial charge is 0.222 e. The van der Waals surface area contributed by atoms with Gasteiger partial charge in [-0.05, 0) is 56.7 Å². The standard InChI is InChI=1S/C23H33ClN4O3/c1-30-15-9-22(29)25-19-5-2-17(3-6-19)8-10-27-11-13-28(14-12-27)23-20-7-4-18(24)16-21(20)31-26-23/h4,7,16-17,19H,2-3,5-6,8-15H2,1H3,(H,25,29). The molecular formula is C23H33ClN4O3. The number of benzene rings is 1. The van der Waals surface area contributed by atoms with Crippen molar-refractivity contribution in [3.63, 3.8) is 0 Å². The minimum absolute atomic E-state index is 0.117. The van der Waals surface area contributed by atoms with Gasteiger partial charge in [-0.3, -0.25) is 9.69 Å². The molecule has 1 amide bonds. The molecule has 2 heterocycles. The molecule has 2 fully saturated rings. The number of ether oxygens (including phenoxy) is 1. The summed E-state index contributed by atoms with van der Waals surface area (Å²) in [6.07, 6.45) is 6.32. The molecule has 8 heteroatoms. The molecule has 1 aromatic carbocycles. The number of hydrogen-bond acceptors (Lipinski definition) is 6. The van der Waals surface area contributed by atoms with Crippen LogP contribution in [-0.2, 0) is 9.53 Å². The SMILES string of the molecule is COCCC(=O)NC1CCC(CCN2CCN(c3noc4cc(Cl)ccc34)CC2)CC1. The van der Waals surface area contributed by atoms with Gasteiger partial charge in [0.2, 0.25) is 5.91 Å². The Morgan fingerprint density at radius 2 is 2.00 bits per heavy atom. The van der Waals surface area contributed by atoms with E-state index in [1.54, 1.807) is 7.11 Å². The van der Waals surface area contributed by atoms with Crippen LogP contribution in [0.1, 0.15) is 38.5 Å². The van der Waals surface area contributed by atoms with Crippen LogP contribution in [0, 0.1) is 5.92 Å². The van der Waals surface area contributed by atoms with Crippen LogP contribution >= 0.6 is 11.6 Å². The highest BCUT2D eigenvalue weighted by Crippen LogP contribution is 2.30. The number of piperazine rings is 1. The van der Waals surface area contributed by atoms with Gasteiger partial charge in [-0.15, -0.1) is 0 Å². The zero-order valence-electron chi connectivity index (χ0n) is 18.3. The summed E-state index contributed by atoms with van der Waals surface area (Å²) in [5.74, 6) is 1.82. The number of hydrogen-bond donors (Lipinski definition) is 1. The second-order valence-corrected chi connectivity index (χ2v) is 9.23. The summed E-state index contributed by atoms with van der Waals surface area (Å²) in [5, 5.41) is 9.14. The highest BCUT2D eigenvalue weighted by Gasteiger charge is 2.25. The fourth-order valence-corrected chi connectivity index (χ4v) is 4.93. The van der Waals surface area contributed by atoms with Crippen molar-refractivity contribution < 1.29 is 14.1 Å². The average Bonchev–Trinajstić information content (AvgIpc) is 3.20. The Hall–Kier alpha value is -1.83. The number of amides is 1. The van der Waals surface area contributed by atoms with Crippen LogP contribution < -0.4 is 10.2 Å². The molecule has 4 rings (SSSR count). The van der Waals surface area contributed by atoms with Crippen LogP contribution in [-0.4, -0.2) is 68.4 Å². The van der Waals surface area contributed by atoms with Gasteiger partial charge in [0.15, 0.2) is 11.4 Å². The molecule has 170 valence electrons. The molecule has 0 spiro atoms. The number of methoxy groups -OCH3 is 1. The fraction of sp³-hybridized carbons (Fsp3) is 0.652. The van der Waals surface area contributed by atoms with Gasteiger partial charge in [-0.25, -0.2) is 0 Å². The lowest BCUT2D eigenvalue weighted by atomic mass is 9.84. The van der Waals surface area contributed by atoms with E-state index in [4.69, 9.17) is 20.9 Å². The molecule has 2 aliphatic rings. The predicted octanol–water partition coefficient (Wildman–Crippen LogP) is 3.70. The molecule has 1 aliphatic heterocycles. The first-order valence-corrected chi connectivity index (χ1v) is 11.8. The van der Waals surface area contributed by atoms with Gasteiger partial charge < -0.3 is 19.5 Å². The van der Waals surface area contributed by atoms with E-state index in [0.717, 1.165) is 68.3 Å². The van der Waals surface area contributed by atoms with E-state index in [2.05, 4.69) is 20.3 Å². The van der Waals surface area contributed by atoms with Crippen molar-refractivity contribution in [1.29, 1.82) is 0 Å². The van der Waals surface area contributed by atoms with Gasteiger partial charge in [-0.2, -0.15) is 0 Å². The average molecular weight is 449 g/mol. The molecule has 0 unspecified atom stereocenters. The van der Waals surface area contributed by atoms with E-state index in [1.807, 2.05) is 18.2 Å². The second-order valence-electron chi connectivity index (χ2n) is 8.79. The maximum Gasteiger partial charge on any atom is 0.222 e. The van der Waals surface area contributed by atoms with E-state index in [-0.39, 0.29) is 5.91 Å². The van der Waals surface area contributed by atoms with Crippen molar-refractivity contribution in [2.24, 2.45) is 5.92 Å². The van der Waals surface area contributed by atoms with Crippen LogP contribution in [0.5, 0.6) is 0 Å². The van der Waals surface area contributed by atoms with Crippen molar-refractivity contribution >= 4 is 34.3 Å². The van der Waals surface area contributed by atoms with Gasteiger partial charge in [-0.1, -0.05) is 16.8 Å². The van der Waals surface area contributed by atoms with Crippen molar-refractivity contribution in [3.8, 4) is 0 Å². The molecule has 0 radical (unpaired) electrons. The third-order valence-corrected chi connectivity index (χ3v) is 6.92. The Bertz CT molecular complexity index is 858. The van der Waals surface area contributed by atoms with Crippen LogP contribution in [0.4, 0.5) is 5.82 Å². The predicted molar refractivity (Wildman–Crippen MR) is 123 cm³/mol. The van der Waals surface area contributed by atoms with Crippen LogP contribution in [0.3, 0.4) is 0 Å². The first-order chi connectivity index (χ1) is 15.1. The highest BCUT2D eigenvalue weighted by molar-refractivity contribution is 6.31. The van der Waals surface area contributed by atoms with E-state index in [9.17, 15) is 4.79 Å². The van der Waals surface area contributed by atoms with E-state index >= 15 is 0 Å². The minimum Gasteiger partial charge on any atom is -0.384 e. The number of nitrogens with one attached hydrogen (secondary N) is 1. The molecule has 1 saturated heterocycles. The van der Waals surface area contributed by atoms with Gasteiger partial charge in [0.05, 0.1) is 12.0 Å². The first kappa shape index (κ1) is 22.4. The lowest BCUT2D eigenvalue weighted by molar-refractivity contribution is -0.122. The second kappa shape index (κ2) is 10.7. The lowest BCUT2D eigenvalue weighted by Gasteiger charge is -2.36. The molecule has 1 aliphatic carbocycles. The Morgan fingerprint density at radius 1 is 1.23 bits per heavy atom. The minimum atomic E-state index is 0.117. The lowest BCUT2D eigenvalue weighted by Crippen LogP contribution is -2.47. The van der Waals surface area contributed by atoms with Gasteiger partial charge in [0.1, 0.15) is 0 Å². The summed E-state index contributed by atoms with van der Waals surface area (Å²) >= 11 is 6.05. The number of carbonyl (C=O) groups is 1. The highest BCUT2D eigenvalue weighted by atomic mass is 35.5. The largest absolute Gasteiger partial charge is 0.384 e.